The van der Waals surface area contributed by atoms with Gasteiger partial charge in [0.05, 0.1) is 4.90 Å². The van der Waals surface area contributed by atoms with Crippen LogP contribution < -0.4 is 5.19 Å². The Kier molecular flexibility index (Phi) is 6.03. The Morgan fingerprint density at radius 2 is 1.71 bits per heavy atom. The van der Waals surface area contributed by atoms with Crippen LogP contribution in [0.2, 0.25) is 13.1 Å². The van der Waals surface area contributed by atoms with Crippen molar-refractivity contribution in [3.8, 4) is 0 Å². The van der Waals surface area contributed by atoms with E-state index in [4.69, 9.17) is 0 Å². The van der Waals surface area contributed by atoms with Crippen LogP contribution in [0.4, 0.5) is 0 Å². The van der Waals surface area contributed by atoms with E-state index < -0.39 is 18.1 Å². The number of sulfonamides is 1. The standard InChI is InChI=1S/C22H27NO3SSi/c1-18-9-11-21(12-10-18)27(25,26)23-15-19(13-14-24)20(16-23)17-28(2,3)22-7-5-4-6-8-22/h4-12,14,17,19H,13,15-16H2,1-3H3/b20-17-. The molecule has 0 spiro atoms. The first-order valence-electron chi connectivity index (χ1n) is 9.51. The Labute approximate surface area is 169 Å². The molecule has 0 saturated carbocycles. The van der Waals surface area contributed by atoms with Gasteiger partial charge in [-0.3, -0.25) is 0 Å². The van der Waals surface area contributed by atoms with E-state index in [0.717, 1.165) is 17.4 Å². The van der Waals surface area contributed by atoms with Gasteiger partial charge < -0.3 is 4.79 Å². The topological polar surface area (TPSA) is 54.5 Å². The number of hydrogen-bond acceptors (Lipinski definition) is 3. The summed E-state index contributed by atoms with van der Waals surface area (Å²) in [6, 6.07) is 17.3. The van der Waals surface area contributed by atoms with E-state index in [1.165, 1.54) is 9.49 Å². The average molecular weight is 414 g/mol. The van der Waals surface area contributed by atoms with Crippen molar-refractivity contribution in [2.24, 2.45) is 5.92 Å². The van der Waals surface area contributed by atoms with Gasteiger partial charge in [-0.05, 0) is 19.1 Å². The second kappa shape index (κ2) is 8.15. The summed E-state index contributed by atoms with van der Waals surface area (Å²) >= 11 is 0. The van der Waals surface area contributed by atoms with Gasteiger partial charge in [0.1, 0.15) is 14.4 Å². The molecule has 4 nitrogen and oxygen atoms in total. The number of benzene rings is 2. The highest BCUT2D eigenvalue weighted by Crippen LogP contribution is 2.31. The molecule has 0 radical (unpaired) electrons. The molecule has 2 aromatic rings. The zero-order valence-corrected chi connectivity index (χ0v) is 18.4. The van der Waals surface area contributed by atoms with Gasteiger partial charge >= 0.3 is 0 Å². The van der Waals surface area contributed by atoms with Crippen molar-refractivity contribution < 1.29 is 13.2 Å². The summed E-state index contributed by atoms with van der Waals surface area (Å²) in [5.41, 5.74) is 4.37. The SMILES string of the molecule is Cc1ccc(S(=O)(=O)N2C/C(=C/[Si](C)(C)c3ccccc3)C(CC=O)C2)cc1. The zero-order valence-electron chi connectivity index (χ0n) is 16.6. The Morgan fingerprint density at radius 1 is 1.07 bits per heavy atom. The maximum Gasteiger partial charge on any atom is 0.243 e. The molecular formula is C22H27NO3SSi. The molecule has 0 bridgehead atoms. The van der Waals surface area contributed by atoms with Crippen LogP contribution >= 0.6 is 0 Å². The predicted molar refractivity (Wildman–Crippen MR) is 116 cm³/mol. The molecule has 0 amide bonds. The Bertz CT molecular complexity index is 967. The van der Waals surface area contributed by atoms with Crippen LogP contribution in [0, 0.1) is 12.8 Å². The summed E-state index contributed by atoms with van der Waals surface area (Å²) in [5.74, 6) is -0.0480. The predicted octanol–water partition coefficient (Wildman–Crippen LogP) is 3.29. The monoisotopic (exact) mass is 413 g/mol. The van der Waals surface area contributed by atoms with E-state index in [2.05, 4.69) is 30.9 Å². The number of nitrogens with zero attached hydrogens (tertiary/aromatic N) is 1. The summed E-state index contributed by atoms with van der Waals surface area (Å²) in [7, 11) is -5.46. The van der Waals surface area contributed by atoms with E-state index in [0.29, 0.717) is 24.4 Å². The molecule has 1 unspecified atom stereocenters. The van der Waals surface area contributed by atoms with E-state index in [9.17, 15) is 13.2 Å². The number of aryl methyl sites for hydroxylation is 1. The Balaban J connectivity index is 1.92. The number of carbonyl (C=O) groups is 1. The molecule has 1 aliphatic heterocycles. The third-order valence-corrected chi connectivity index (χ3v) is 10.2. The molecule has 0 N–H and O–H groups in total. The van der Waals surface area contributed by atoms with Crippen LogP contribution in [0.3, 0.4) is 0 Å². The summed E-state index contributed by atoms with van der Waals surface area (Å²) in [4.78, 5) is 11.5. The molecule has 1 fully saturated rings. The first-order valence-corrected chi connectivity index (χ1v) is 14.0. The summed E-state index contributed by atoms with van der Waals surface area (Å²) < 4.78 is 27.7. The molecule has 0 aromatic heterocycles. The normalized spacial score (nSPS) is 19.8. The van der Waals surface area contributed by atoms with E-state index in [-0.39, 0.29) is 5.92 Å². The lowest BCUT2D eigenvalue weighted by molar-refractivity contribution is -0.108. The maximum atomic E-state index is 13.1. The lowest BCUT2D eigenvalue weighted by atomic mass is 10.0. The van der Waals surface area contributed by atoms with Crippen LogP contribution in [0.1, 0.15) is 12.0 Å². The van der Waals surface area contributed by atoms with Crippen LogP contribution in [-0.4, -0.2) is 40.2 Å². The zero-order chi connectivity index (χ0) is 20.4. The van der Waals surface area contributed by atoms with Crippen molar-refractivity contribution in [1.82, 2.24) is 4.31 Å². The molecule has 148 valence electrons. The van der Waals surface area contributed by atoms with Gasteiger partial charge in [-0.1, -0.05) is 77.6 Å². The van der Waals surface area contributed by atoms with Crippen LogP contribution in [0.5, 0.6) is 0 Å². The number of carbonyl (C=O) groups excluding carboxylic acids is 1. The van der Waals surface area contributed by atoms with E-state index in [1.807, 2.05) is 37.3 Å². The van der Waals surface area contributed by atoms with Gasteiger partial charge in [-0.15, -0.1) is 0 Å². The minimum absolute atomic E-state index is 0.0480. The van der Waals surface area contributed by atoms with E-state index >= 15 is 0 Å². The van der Waals surface area contributed by atoms with Crippen molar-refractivity contribution in [3.63, 3.8) is 0 Å². The van der Waals surface area contributed by atoms with Crippen LogP contribution in [0.15, 0.2) is 70.8 Å². The van der Waals surface area contributed by atoms with Gasteiger partial charge in [0.2, 0.25) is 10.0 Å². The molecule has 1 aliphatic rings. The van der Waals surface area contributed by atoms with Crippen molar-refractivity contribution in [2.45, 2.75) is 31.3 Å². The highest BCUT2D eigenvalue weighted by atomic mass is 32.2. The van der Waals surface area contributed by atoms with E-state index in [1.54, 1.807) is 12.1 Å². The minimum Gasteiger partial charge on any atom is -0.303 e. The van der Waals surface area contributed by atoms with Gasteiger partial charge in [0.25, 0.3) is 0 Å². The highest BCUT2D eigenvalue weighted by Gasteiger charge is 2.37. The molecule has 28 heavy (non-hydrogen) atoms. The van der Waals surface area contributed by atoms with Crippen molar-refractivity contribution >= 4 is 29.6 Å². The lowest BCUT2D eigenvalue weighted by Gasteiger charge is -2.21. The molecule has 6 heteroatoms. The van der Waals surface area contributed by atoms with Gasteiger partial charge in [0.15, 0.2) is 0 Å². The fourth-order valence-electron chi connectivity index (χ4n) is 3.72. The molecule has 1 heterocycles. The third kappa shape index (κ3) is 4.34. The second-order valence-corrected chi connectivity index (χ2v) is 14.3. The molecular weight excluding hydrogens is 386 g/mol. The molecule has 2 aromatic carbocycles. The van der Waals surface area contributed by atoms with Crippen molar-refractivity contribution in [1.29, 1.82) is 0 Å². The van der Waals surface area contributed by atoms with Crippen molar-refractivity contribution in [2.75, 3.05) is 13.1 Å². The first-order chi connectivity index (χ1) is 13.2. The Hall–Kier alpha value is -2.02. The molecule has 0 aliphatic carbocycles. The number of rotatable bonds is 6. The summed E-state index contributed by atoms with van der Waals surface area (Å²) in [6.45, 7) is 7.16. The van der Waals surface area contributed by atoms with Gasteiger partial charge in [-0.25, -0.2) is 8.42 Å². The van der Waals surface area contributed by atoms with Gasteiger partial charge in [-0.2, -0.15) is 4.31 Å². The largest absolute Gasteiger partial charge is 0.303 e. The van der Waals surface area contributed by atoms with Gasteiger partial charge in [0, 0.05) is 25.4 Å². The maximum absolute atomic E-state index is 13.1. The van der Waals surface area contributed by atoms with Crippen LogP contribution in [-0.2, 0) is 14.8 Å². The first kappa shape index (κ1) is 20.7. The third-order valence-electron chi connectivity index (χ3n) is 5.41. The highest BCUT2D eigenvalue weighted by molar-refractivity contribution is 7.89. The molecule has 1 saturated heterocycles. The fourth-order valence-corrected chi connectivity index (χ4v) is 7.67. The minimum atomic E-state index is -3.57. The van der Waals surface area contributed by atoms with Crippen molar-refractivity contribution in [3.05, 3.63) is 71.4 Å². The summed E-state index contributed by atoms with van der Waals surface area (Å²) in [5, 5.41) is 1.30. The number of aldehydes is 1. The quantitative estimate of drug-likeness (QED) is 0.539. The smallest absolute Gasteiger partial charge is 0.243 e. The average Bonchev–Trinajstić information content (AvgIpc) is 3.06. The number of hydrogen-bond donors (Lipinski definition) is 0. The lowest BCUT2D eigenvalue weighted by Crippen LogP contribution is -2.40. The Morgan fingerprint density at radius 3 is 2.32 bits per heavy atom. The molecule has 1 atom stereocenters. The summed E-state index contributed by atoms with van der Waals surface area (Å²) in [6.07, 6.45) is 1.25. The fraction of sp³-hybridized carbons (Fsp3) is 0.318. The molecule has 3 rings (SSSR count). The second-order valence-electron chi connectivity index (χ2n) is 8.02. The van der Waals surface area contributed by atoms with Crippen LogP contribution in [0.25, 0.3) is 0 Å².